The SMILES string of the molecule is CCOc1cc(N2CCC(C(C)Br)CC2)nc(C)n1. The second-order valence-corrected chi connectivity index (χ2v) is 6.49. The van der Waals surface area contributed by atoms with Crippen molar-refractivity contribution in [3.8, 4) is 5.88 Å². The number of piperidine rings is 1. The van der Waals surface area contributed by atoms with Gasteiger partial charge < -0.3 is 9.64 Å². The molecule has 1 aromatic rings. The molecule has 1 unspecified atom stereocenters. The van der Waals surface area contributed by atoms with Crippen molar-refractivity contribution in [3.63, 3.8) is 0 Å². The van der Waals surface area contributed by atoms with Gasteiger partial charge in [-0.25, -0.2) is 4.98 Å². The Morgan fingerprint density at radius 2 is 2.11 bits per heavy atom. The summed E-state index contributed by atoms with van der Waals surface area (Å²) in [5.74, 6) is 3.22. The molecule has 0 bridgehead atoms. The molecule has 1 aromatic heterocycles. The number of ether oxygens (including phenoxy) is 1. The minimum Gasteiger partial charge on any atom is -0.478 e. The lowest BCUT2D eigenvalue weighted by Gasteiger charge is -2.34. The number of anilines is 1. The molecule has 0 radical (unpaired) electrons. The zero-order valence-electron chi connectivity index (χ0n) is 11.9. The first-order valence-electron chi connectivity index (χ1n) is 6.97. The van der Waals surface area contributed by atoms with Crippen LogP contribution >= 0.6 is 15.9 Å². The van der Waals surface area contributed by atoms with Gasteiger partial charge in [-0.15, -0.1) is 0 Å². The Hall–Kier alpha value is -0.840. The fourth-order valence-corrected chi connectivity index (χ4v) is 3.03. The second kappa shape index (κ2) is 6.55. The van der Waals surface area contributed by atoms with E-state index in [4.69, 9.17) is 4.74 Å². The number of aromatic nitrogens is 2. The summed E-state index contributed by atoms with van der Waals surface area (Å²) in [4.78, 5) is 11.8. The molecule has 2 rings (SSSR count). The van der Waals surface area contributed by atoms with Gasteiger partial charge in [-0.1, -0.05) is 22.9 Å². The van der Waals surface area contributed by atoms with Gasteiger partial charge in [0.1, 0.15) is 11.6 Å². The first-order valence-corrected chi connectivity index (χ1v) is 7.89. The number of rotatable bonds is 4. The first-order chi connectivity index (χ1) is 9.10. The molecule has 1 fully saturated rings. The molecule has 19 heavy (non-hydrogen) atoms. The van der Waals surface area contributed by atoms with Gasteiger partial charge >= 0.3 is 0 Å². The molecule has 0 spiro atoms. The van der Waals surface area contributed by atoms with Crippen molar-refractivity contribution < 1.29 is 4.74 Å². The van der Waals surface area contributed by atoms with Crippen molar-refractivity contribution in [3.05, 3.63) is 11.9 Å². The number of hydrogen-bond acceptors (Lipinski definition) is 4. The van der Waals surface area contributed by atoms with Crippen molar-refractivity contribution in [2.24, 2.45) is 5.92 Å². The van der Waals surface area contributed by atoms with Crippen LogP contribution in [-0.4, -0.2) is 34.5 Å². The van der Waals surface area contributed by atoms with Crippen LogP contribution in [-0.2, 0) is 0 Å². The molecule has 1 saturated heterocycles. The molecule has 106 valence electrons. The predicted octanol–water partition coefficient (Wildman–Crippen LogP) is 3.18. The van der Waals surface area contributed by atoms with E-state index in [9.17, 15) is 0 Å². The molecule has 1 aliphatic heterocycles. The summed E-state index contributed by atoms with van der Waals surface area (Å²) in [6, 6.07) is 1.95. The predicted molar refractivity (Wildman–Crippen MR) is 81.3 cm³/mol. The fraction of sp³-hybridized carbons (Fsp3) is 0.714. The molecule has 0 aromatic carbocycles. The van der Waals surface area contributed by atoms with Crippen LogP contribution in [0.5, 0.6) is 5.88 Å². The molecule has 0 amide bonds. The quantitative estimate of drug-likeness (QED) is 0.796. The van der Waals surface area contributed by atoms with E-state index in [-0.39, 0.29) is 0 Å². The van der Waals surface area contributed by atoms with E-state index < -0.39 is 0 Å². The summed E-state index contributed by atoms with van der Waals surface area (Å²) < 4.78 is 5.49. The number of hydrogen-bond donors (Lipinski definition) is 0. The van der Waals surface area contributed by atoms with Gasteiger partial charge in [0.2, 0.25) is 5.88 Å². The van der Waals surface area contributed by atoms with Gasteiger partial charge in [0.25, 0.3) is 0 Å². The van der Waals surface area contributed by atoms with Crippen LogP contribution in [0.1, 0.15) is 32.5 Å². The summed E-state index contributed by atoms with van der Waals surface area (Å²) in [7, 11) is 0. The Labute approximate surface area is 123 Å². The normalized spacial score (nSPS) is 18.4. The van der Waals surface area contributed by atoms with E-state index in [0.717, 1.165) is 30.6 Å². The summed E-state index contributed by atoms with van der Waals surface area (Å²) in [5.41, 5.74) is 0. The lowest BCUT2D eigenvalue weighted by Crippen LogP contribution is -2.36. The maximum atomic E-state index is 5.49. The zero-order chi connectivity index (χ0) is 13.8. The fourth-order valence-electron chi connectivity index (χ4n) is 2.50. The highest BCUT2D eigenvalue weighted by molar-refractivity contribution is 9.09. The third-order valence-electron chi connectivity index (χ3n) is 3.61. The average molecular weight is 328 g/mol. The van der Waals surface area contributed by atoms with Gasteiger partial charge in [-0.2, -0.15) is 4.98 Å². The summed E-state index contributed by atoms with van der Waals surface area (Å²) >= 11 is 3.69. The summed E-state index contributed by atoms with van der Waals surface area (Å²) in [5, 5.41) is 0. The van der Waals surface area contributed by atoms with Crippen molar-refractivity contribution >= 4 is 21.7 Å². The number of aryl methyl sites for hydroxylation is 1. The monoisotopic (exact) mass is 327 g/mol. The third-order valence-corrected chi connectivity index (χ3v) is 4.35. The maximum Gasteiger partial charge on any atom is 0.218 e. The molecule has 1 aliphatic rings. The third kappa shape index (κ3) is 3.81. The van der Waals surface area contributed by atoms with E-state index in [0.29, 0.717) is 17.3 Å². The smallest absolute Gasteiger partial charge is 0.218 e. The van der Waals surface area contributed by atoms with E-state index in [1.165, 1.54) is 12.8 Å². The van der Waals surface area contributed by atoms with Crippen LogP contribution in [0.3, 0.4) is 0 Å². The van der Waals surface area contributed by atoms with E-state index in [1.54, 1.807) is 0 Å². The Morgan fingerprint density at radius 1 is 1.42 bits per heavy atom. The van der Waals surface area contributed by atoms with Gasteiger partial charge in [0, 0.05) is 24.0 Å². The standard InChI is InChI=1S/C14H22BrN3O/c1-4-19-14-9-13(16-11(3)17-14)18-7-5-12(6-8-18)10(2)15/h9-10,12H,4-8H2,1-3H3. The molecule has 0 N–H and O–H groups in total. The Balaban J connectivity index is 2.06. The maximum absolute atomic E-state index is 5.49. The number of nitrogens with zero attached hydrogens (tertiary/aromatic N) is 3. The van der Waals surface area contributed by atoms with E-state index in [2.05, 4.69) is 37.7 Å². The van der Waals surface area contributed by atoms with E-state index in [1.807, 2.05) is 19.9 Å². The molecule has 2 heterocycles. The van der Waals surface area contributed by atoms with Crippen molar-refractivity contribution in [2.75, 3.05) is 24.6 Å². The number of alkyl halides is 1. The minimum atomic E-state index is 0.598. The lowest BCUT2D eigenvalue weighted by atomic mass is 9.94. The van der Waals surface area contributed by atoms with Gasteiger partial charge in [0.05, 0.1) is 6.61 Å². The summed E-state index contributed by atoms with van der Waals surface area (Å²) in [6.45, 7) is 8.88. The average Bonchev–Trinajstić information content (AvgIpc) is 2.38. The lowest BCUT2D eigenvalue weighted by molar-refractivity contribution is 0.325. The Bertz CT molecular complexity index is 417. The highest BCUT2D eigenvalue weighted by Gasteiger charge is 2.23. The Kier molecular flexibility index (Phi) is 5.02. The Morgan fingerprint density at radius 3 is 2.68 bits per heavy atom. The van der Waals surface area contributed by atoms with Gasteiger partial charge in [-0.05, 0) is 32.6 Å². The topological polar surface area (TPSA) is 38.2 Å². The van der Waals surface area contributed by atoms with Crippen molar-refractivity contribution in [1.82, 2.24) is 9.97 Å². The van der Waals surface area contributed by atoms with Gasteiger partial charge in [-0.3, -0.25) is 0 Å². The number of halogens is 1. The van der Waals surface area contributed by atoms with Gasteiger partial charge in [0.15, 0.2) is 0 Å². The van der Waals surface area contributed by atoms with Crippen molar-refractivity contribution in [2.45, 2.75) is 38.4 Å². The van der Waals surface area contributed by atoms with Crippen LogP contribution in [0.25, 0.3) is 0 Å². The molecule has 5 heteroatoms. The van der Waals surface area contributed by atoms with Crippen LogP contribution in [0.15, 0.2) is 6.07 Å². The van der Waals surface area contributed by atoms with Crippen LogP contribution in [0, 0.1) is 12.8 Å². The highest BCUT2D eigenvalue weighted by atomic mass is 79.9. The molecular formula is C14H22BrN3O. The molecule has 0 aliphatic carbocycles. The zero-order valence-corrected chi connectivity index (χ0v) is 13.5. The van der Waals surface area contributed by atoms with Crippen LogP contribution in [0.2, 0.25) is 0 Å². The second-order valence-electron chi connectivity index (χ2n) is 5.05. The molecule has 4 nitrogen and oxygen atoms in total. The highest BCUT2D eigenvalue weighted by Crippen LogP contribution is 2.28. The molecule has 1 atom stereocenters. The molecular weight excluding hydrogens is 306 g/mol. The summed E-state index contributed by atoms with van der Waals surface area (Å²) in [6.07, 6.45) is 2.42. The van der Waals surface area contributed by atoms with Crippen LogP contribution in [0.4, 0.5) is 5.82 Å². The molecule has 0 saturated carbocycles. The minimum absolute atomic E-state index is 0.598. The van der Waals surface area contributed by atoms with E-state index >= 15 is 0 Å². The van der Waals surface area contributed by atoms with Crippen molar-refractivity contribution in [1.29, 1.82) is 0 Å². The van der Waals surface area contributed by atoms with Crippen LogP contribution < -0.4 is 9.64 Å². The first kappa shape index (κ1) is 14.6. The largest absolute Gasteiger partial charge is 0.478 e.